The van der Waals surface area contributed by atoms with Gasteiger partial charge >= 0.3 is 0 Å². The Balaban J connectivity index is 2.43. The Bertz CT molecular complexity index is 215. The van der Waals surface area contributed by atoms with E-state index in [2.05, 4.69) is 6.92 Å². The number of carbonyl (C=O) groups is 1. The Labute approximate surface area is 91.8 Å². The lowest BCUT2D eigenvalue weighted by Gasteiger charge is -2.33. The molecule has 1 saturated carbocycles. The van der Waals surface area contributed by atoms with Gasteiger partial charge in [-0.05, 0) is 45.4 Å². The molecular weight excluding hydrogens is 192 g/mol. The van der Waals surface area contributed by atoms with Crippen molar-refractivity contribution in [2.45, 2.75) is 58.2 Å². The summed E-state index contributed by atoms with van der Waals surface area (Å²) in [5, 5.41) is 10.1. The highest BCUT2D eigenvalue weighted by atomic mass is 16.5. The van der Waals surface area contributed by atoms with Crippen LogP contribution >= 0.6 is 0 Å². The van der Waals surface area contributed by atoms with Gasteiger partial charge in [0.2, 0.25) is 0 Å². The van der Waals surface area contributed by atoms with Crippen molar-refractivity contribution in [2.24, 2.45) is 5.92 Å². The number of rotatable bonds is 4. The van der Waals surface area contributed by atoms with Gasteiger partial charge in [-0.3, -0.25) is 4.79 Å². The van der Waals surface area contributed by atoms with Gasteiger partial charge in [0.1, 0.15) is 12.2 Å². The average Bonchev–Trinajstić information content (AvgIpc) is 2.19. The molecule has 1 aliphatic rings. The quantitative estimate of drug-likeness (QED) is 0.777. The topological polar surface area (TPSA) is 46.5 Å². The SMILES string of the molecule is CC1CCC(O)(C(=O)COC(C)C)CC1. The van der Waals surface area contributed by atoms with E-state index in [-0.39, 0.29) is 18.5 Å². The lowest BCUT2D eigenvalue weighted by atomic mass is 9.77. The van der Waals surface area contributed by atoms with Crippen LogP contribution in [0.2, 0.25) is 0 Å². The van der Waals surface area contributed by atoms with Crippen LogP contribution in [0.25, 0.3) is 0 Å². The van der Waals surface area contributed by atoms with Crippen LogP contribution in [0.1, 0.15) is 46.5 Å². The molecule has 3 heteroatoms. The molecule has 0 spiro atoms. The molecule has 0 saturated heterocycles. The van der Waals surface area contributed by atoms with Crippen molar-refractivity contribution >= 4 is 5.78 Å². The Hall–Kier alpha value is -0.410. The summed E-state index contributed by atoms with van der Waals surface area (Å²) >= 11 is 0. The fourth-order valence-corrected chi connectivity index (χ4v) is 1.90. The Morgan fingerprint density at radius 3 is 2.47 bits per heavy atom. The van der Waals surface area contributed by atoms with Gasteiger partial charge < -0.3 is 9.84 Å². The minimum atomic E-state index is -1.11. The first-order valence-electron chi connectivity index (χ1n) is 5.81. The van der Waals surface area contributed by atoms with E-state index in [1.54, 1.807) is 0 Å². The lowest BCUT2D eigenvalue weighted by Crippen LogP contribution is -2.44. The van der Waals surface area contributed by atoms with E-state index < -0.39 is 5.60 Å². The molecule has 0 amide bonds. The predicted molar refractivity (Wildman–Crippen MR) is 58.7 cm³/mol. The van der Waals surface area contributed by atoms with Gasteiger partial charge in [0.05, 0.1) is 6.10 Å². The summed E-state index contributed by atoms with van der Waals surface area (Å²) in [6.45, 7) is 5.98. The predicted octanol–water partition coefficient (Wildman–Crippen LogP) is 1.92. The molecule has 0 aromatic carbocycles. The molecule has 1 fully saturated rings. The summed E-state index contributed by atoms with van der Waals surface area (Å²) in [4.78, 5) is 11.8. The van der Waals surface area contributed by atoms with E-state index in [0.717, 1.165) is 12.8 Å². The first-order chi connectivity index (χ1) is 6.94. The lowest BCUT2D eigenvalue weighted by molar-refractivity contribution is -0.147. The van der Waals surface area contributed by atoms with E-state index in [1.807, 2.05) is 13.8 Å². The van der Waals surface area contributed by atoms with Crippen LogP contribution in [0.3, 0.4) is 0 Å². The van der Waals surface area contributed by atoms with Crippen molar-refractivity contribution in [3.05, 3.63) is 0 Å². The summed E-state index contributed by atoms with van der Waals surface area (Å²) in [5.74, 6) is 0.479. The molecule has 88 valence electrons. The average molecular weight is 214 g/mol. The smallest absolute Gasteiger partial charge is 0.189 e. The maximum absolute atomic E-state index is 11.8. The summed E-state index contributed by atoms with van der Waals surface area (Å²) in [5.41, 5.74) is -1.11. The minimum absolute atomic E-state index is 0.0417. The number of ether oxygens (including phenoxy) is 1. The van der Waals surface area contributed by atoms with Crippen LogP contribution in [-0.2, 0) is 9.53 Å². The number of aliphatic hydroxyl groups is 1. The second-order valence-corrected chi connectivity index (χ2v) is 5.00. The largest absolute Gasteiger partial charge is 0.382 e. The molecule has 1 N–H and O–H groups in total. The van der Waals surface area contributed by atoms with Gasteiger partial charge in [-0.25, -0.2) is 0 Å². The van der Waals surface area contributed by atoms with Crippen molar-refractivity contribution in [2.75, 3.05) is 6.61 Å². The van der Waals surface area contributed by atoms with Crippen LogP contribution < -0.4 is 0 Å². The third-order valence-corrected chi connectivity index (χ3v) is 3.17. The number of hydrogen-bond acceptors (Lipinski definition) is 3. The molecular formula is C12H22O3. The highest BCUT2D eigenvalue weighted by Crippen LogP contribution is 2.32. The monoisotopic (exact) mass is 214 g/mol. The van der Waals surface area contributed by atoms with Crippen molar-refractivity contribution < 1.29 is 14.6 Å². The molecule has 1 rings (SSSR count). The number of ketones is 1. The fraction of sp³-hybridized carbons (Fsp3) is 0.917. The Morgan fingerprint density at radius 2 is 2.00 bits per heavy atom. The van der Waals surface area contributed by atoms with Crippen molar-refractivity contribution in [3.63, 3.8) is 0 Å². The summed E-state index contributed by atoms with van der Waals surface area (Å²) in [7, 11) is 0. The molecule has 3 nitrogen and oxygen atoms in total. The molecule has 0 heterocycles. The molecule has 0 aromatic heterocycles. The zero-order chi connectivity index (χ0) is 11.5. The van der Waals surface area contributed by atoms with Crippen molar-refractivity contribution in [1.29, 1.82) is 0 Å². The molecule has 0 radical (unpaired) electrons. The van der Waals surface area contributed by atoms with Crippen molar-refractivity contribution in [3.8, 4) is 0 Å². The van der Waals surface area contributed by atoms with Crippen molar-refractivity contribution in [1.82, 2.24) is 0 Å². The first-order valence-corrected chi connectivity index (χ1v) is 5.81. The Kier molecular flexibility index (Phi) is 4.29. The van der Waals surface area contributed by atoms with E-state index >= 15 is 0 Å². The first kappa shape index (κ1) is 12.7. The maximum atomic E-state index is 11.8. The second kappa shape index (κ2) is 5.08. The maximum Gasteiger partial charge on any atom is 0.189 e. The zero-order valence-electron chi connectivity index (χ0n) is 9.95. The van der Waals surface area contributed by atoms with E-state index in [4.69, 9.17) is 4.74 Å². The fourth-order valence-electron chi connectivity index (χ4n) is 1.90. The van der Waals surface area contributed by atoms with Crippen LogP contribution in [0.4, 0.5) is 0 Å². The molecule has 15 heavy (non-hydrogen) atoms. The molecule has 1 aliphatic carbocycles. The summed E-state index contributed by atoms with van der Waals surface area (Å²) in [6, 6.07) is 0. The minimum Gasteiger partial charge on any atom is -0.382 e. The second-order valence-electron chi connectivity index (χ2n) is 5.00. The third-order valence-electron chi connectivity index (χ3n) is 3.17. The standard InChI is InChI=1S/C12H22O3/c1-9(2)15-8-11(13)12(14)6-4-10(3)5-7-12/h9-10,14H,4-8H2,1-3H3. The summed E-state index contributed by atoms with van der Waals surface area (Å²) in [6.07, 6.45) is 3.09. The van der Waals surface area contributed by atoms with Gasteiger partial charge in [0.25, 0.3) is 0 Å². The number of carbonyl (C=O) groups excluding carboxylic acids is 1. The van der Waals surface area contributed by atoms with Gasteiger partial charge in [-0.2, -0.15) is 0 Å². The van der Waals surface area contributed by atoms with Gasteiger partial charge in [-0.1, -0.05) is 6.92 Å². The van der Waals surface area contributed by atoms with E-state index in [0.29, 0.717) is 18.8 Å². The van der Waals surface area contributed by atoms with E-state index in [1.165, 1.54) is 0 Å². The highest BCUT2D eigenvalue weighted by molar-refractivity contribution is 5.88. The number of hydrogen-bond donors (Lipinski definition) is 1. The molecule has 0 aromatic rings. The van der Waals surface area contributed by atoms with Crippen LogP contribution in [-0.4, -0.2) is 29.2 Å². The normalized spacial score (nSPS) is 31.9. The third kappa shape index (κ3) is 3.58. The highest BCUT2D eigenvalue weighted by Gasteiger charge is 2.38. The Morgan fingerprint density at radius 1 is 1.47 bits per heavy atom. The van der Waals surface area contributed by atoms with Gasteiger partial charge in [-0.15, -0.1) is 0 Å². The number of Topliss-reactive ketones (excluding diaryl/α,β-unsaturated/α-hetero) is 1. The summed E-state index contributed by atoms with van der Waals surface area (Å²) < 4.78 is 5.24. The van der Waals surface area contributed by atoms with Crippen LogP contribution in [0, 0.1) is 5.92 Å². The zero-order valence-corrected chi connectivity index (χ0v) is 9.95. The van der Waals surface area contributed by atoms with Crippen LogP contribution in [0.15, 0.2) is 0 Å². The molecule has 0 unspecified atom stereocenters. The van der Waals surface area contributed by atoms with Gasteiger partial charge in [0, 0.05) is 0 Å². The molecule has 0 atom stereocenters. The van der Waals surface area contributed by atoms with E-state index in [9.17, 15) is 9.90 Å². The van der Waals surface area contributed by atoms with Gasteiger partial charge in [0.15, 0.2) is 5.78 Å². The van der Waals surface area contributed by atoms with Crippen LogP contribution in [0.5, 0.6) is 0 Å². The molecule has 0 bridgehead atoms. The molecule has 0 aliphatic heterocycles.